The Hall–Kier alpha value is -1.13. The zero-order valence-corrected chi connectivity index (χ0v) is 13.9. The molecule has 1 fully saturated rings. The molecule has 1 aliphatic rings. The van der Waals surface area contributed by atoms with Crippen molar-refractivity contribution in [2.24, 2.45) is 5.92 Å². The number of piperidine rings is 1. The summed E-state index contributed by atoms with van der Waals surface area (Å²) in [4.78, 5) is 7.09. The number of hydrogen-bond acceptors (Lipinski definition) is 4. The van der Waals surface area contributed by atoms with E-state index >= 15 is 0 Å². The fourth-order valence-corrected chi connectivity index (χ4v) is 2.81. The molecule has 4 heteroatoms. The van der Waals surface area contributed by atoms with E-state index in [2.05, 4.69) is 43.1 Å². The summed E-state index contributed by atoms with van der Waals surface area (Å²) in [5, 5.41) is 3.51. The summed E-state index contributed by atoms with van der Waals surface area (Å²) >= 11 is 0. The highest BCUT2D eigenvalue weighted by molar-refractivity contribution is 5.43. The van der Waals surface area contributed by atoms with Crippen LogP contribution in [0.1, 0.15) is 37.9 Å². The molecule has 1 N–H and O–H groups in total. The van der Waals surface area contributed by atoms with Crippen molar-refractivity contribution in [3.63, 3.8) is 0 Å². The van der Waals surface area contributed by atoms with Crippen molar-refractivity contribution in [3.8, 4) is 0 Å². The van der Waals surface area contributed by atoms with Gasteiger partial charge in [0.15, 0.2) is 0 Å². The monoisotopic (exact) mass is 291 g/mol. The van der Waals surface area contributed by atoms with Crippen molar-refractivity contribution in [3.05, 3.63) is 23.4 Å². The quantitative estimate of drug-likeness (QED) is 0.874. The van der Waals surface area contributed by atoms with Gasteiger partial charge in [0.2, 0.25) is 0 Å². The van der Waals surface area contributed by atoms with E-state index in [-0.39, 0.29) is 0 Å². The Labute approximate surface area is 128 Å². The van der Waals surface area contributed by atoms with Crippen LogP contribution < -0.4 is 10.2 Å². The minimum Gasteiger partial charge on any atom is -0.381 e. The molecule has 0 unspecified atom stereocenters. The van der Waals surface area contributed by atoms with Gasteiger partial charge in [-0.2, -0.15) is 0 Å². The van der Waals surface area contributed by atoms with E-state index in [9.17, 15) is 0 Å². The van der Waals surface area contributed by atoms with E-state index in [0.29, 0.717) is 12.0 Å². The minimum absolute atomic E-state index is 0.415. The van der Waals surface area contributed by atoms with E-state index in [1.807, 2.05) is 7.11 Å². The average Bonchev–Trinajstić information content (AvgIpc) is 2.46. The van der Waals surface area contributed by atoms with Gasteiger partial charge in [-0.15, -0.1) is 0 Å². The lowest BCUT2D eigenvalue weighted by molar-refractivity contribution is 0.0818. The van der Waals surface area contributed by atoms with Crippen molar-refractivity contribution in [1.82, 2.24) is 10.3 Å². The van der Waals surface area contributed by atoms with E-state index in [1.165, 1.54) is 5.56 Å². The summed E-state index contributed by atoms with van der Waals surface area (Å²) in [5.41, 5.74) is 2.43. The summed E-state index contributed by atoms with van der Waals surface area (Å²) in [5.74, 6) is 1.80. The maximum Gasteiger partial charge on any atom is 0.129 e. The molecule has 21 heavy (non-hydrogen) atoms. The molecular formula is C17H29N3O. The van der Waals surface area contributed by atoms with Crippen molar-refractivity contribution in [1.29, 1.82) is 0 Å². The van der Waals surface area contributed by atoms with Crippen LogP contribution in [0.15, 0.2) is 12.1 Å². The van der Waals surface area contributed by atoms with Gasteiger partial charge in [-0.25, -0.2) is 4.98 Å². The number of nitrogens with one attached hydrogen (secondary N) is 1. The first-order valence-corrected chi connectivity index (χ1v) is 8.04. The van der Waals surface area contributed by atoms with E-state index in [0.717, 1.165) is 50.5 Å². The van der Waals surface area contributed by atoms with Gasteiger partial charge < -0.3 is 15.0 Å². The molecule has 0 aromatic carbocycles. The highest BCUT2D eigenvalue weighted by Crippen LogP contribution is 2.21. The van der Waals surface area contributed by atoms with Crippen molar-refractivity contribution in [2.75, 3.05) is 31.6 Å². The van der Waals surface area contributed by atoms with Gasteiger partial charge in [-0.3, -0.25) is 0 Å². The first-order valence-electron chi connectivity index (χ1n) is 8.04. The Bertz CT molecular complexity index is 440. The first kappa shape index (κ1) is 16.2. The fraction of sp³-hybridized carbons (Fsp3) is 0.706. The van der Waals surface area contributed by atoms with Crippen LogP contribution in [0.3, 0.4) is 0 Å². The zero-order valence-electron chi connectivity index (χ0n) is 13.9. The summed E-state index contributed by atoms with van der Waals surface area (Å²) < 4.78 is 5.44. The van der Waals surface area contributed by atoms with Crippen LogP contribution in [0.2, 0.25) is 0 Å². The molecule has 1 saturated heterocycles. The predicted octanol–water partition coefficient (Wildman–Crippen LogP) is 2.75. The molecule has 0 amide bonds. The molecule has 0 aliphatic carbocycles. The largest absolute Gasteiger partial charge is 0.381 e. The maximum absolute atomic E-state index is 5.44. The topological polar surface area (TPSA) is 37.4 Å². The number of ether oxygens (including phenoxy) is 1. The third-order valence-corrected chi connectivity index (χ3v) is 3.98. The number of hydrogen-bond donors (Lipinski definition) is 1. The van der Waals surface area contributed by atoms with Crippen LogP contribution in [-0.2, 0) is 11.3 Å². The van der Waals surface area contributed by atoms with Crippen LogP contribution >= 0.6 is 0 Å². The second kappa shape index (κ2) is 7.76. The standard InChI is InChI=1S/C17H29N3O/c1-13(2)11-18-12-15-9-14(3)19-17(10-15)20-7-5-16(21-4)6-8-20/h9-10,13,16,18H,5-8,11-12H2,1-4H3. The Balaban J connectivity index is 1.98. The lowest BCUT2D eigenvalue weighted by Crippen LogP contribution is -2.37. The second-order valence-corrected chi connectivity index (χ2v) is 6.42. The third-order valence-electron chi connectivity index (χ3n) is 3.98. The lowest BCUT2D eigenvalue weighted by Gasteiger charge is -2.32. The summed E-state index contributed by atoms with van der Waals surface area (Å²) in [6.07, 6.45) is 2.60. The van der Waals surface area contributed by atoms with Crippen molar-refractivity contribution in [2.45, 2.75) is 46.3 Å². The normalized spacial score (nSPS) is 16.7. The molecule has 2 heterocycles. The third kappa shape index (κ3) is 4.97. The Kier molecular flexibility index (Phi) is 6.00. The lowest BCUT2D eigenvalue weighted by atomic mass is 10.1. The molecule has 1 aromatic heterocycles. The Morgan fingerprint density at radius 1 is 1.33 bits per heavy atom. The van der Waals surface area contributed by atoms with Gasteiger partial charge in [0.25, 0.3) is 0 Å². The van der Waals surface area contributed by atoms with Gasteiger partial charge >= 0.3 is 0 Å². The van der Waals surface area contributed by atoms with Crippen molar-refractivity contribution < 1.29 is 4.74 Å². The van der Waals surface area contributed by atoms with Gasteiger partial charge in [0.05, 0.1) is 6.10 Å². The summed E-state index contributed by atoms with van der Waals surface area (Å²) in [6.45, 7) is 10.6. The van der Waals surface area contributed by atoms with Crippen LogP contribution in [0.25, 0.3) is 0 Å². The van der Waals surface area contributed by atoms with E-state index < -0.39 is 0 Å². The van der Waals surface area contributed by atoms with Gasteiger partial charge in [-0.1, -0.05) is 13.8 Å². The van der Waals surface area contributed by atoms with Crippen LogP contribution in [0.5, 0.6) is 0 Å². The predicted molar refractivity (Wildman–Crippen MR) is 87.8 cm³/mol. The number of nitrogens with zero attached hydrogens (tertiary/aromatic N) is 2. The molecule has 2 rings (SSSR count). The second-order valence-electron chi connectivity index (χ2n) is 6.42. The number of aryl methyl sites for hydroxylation is 1. The number of rotatable bonds is 6. The SMILES string of the molecule is COC1CCN(c2cc(CNCC(C)C)cc(C)n2)CC1. The molecule has 0 bridgehead atoms. The molecule has 1 aromatic rings. The highest BCUT2D eigenvalue weighted by atomic mass is 16.5. The molecule has 0 spiro atoms. The molecule has 0 atom stereocenters. The van der Waals surface area contributed by atoms with Gasteiger partial charge in [0, 0.05) is 32.4 Å². The first-order chi connectivity index (χ1) is 10.1. The molecule has 1 aliphatic heterocycles. The van der Waals surface area contributed by atoms with Crippen LogP contribution in [0.4, 0.5) is 5.82 Å². The van der Waals surface area contributed by atoms with Crippen LogP contribution in [-0.4, -0.2) is 37.8 Å². The number of pyridine rings is 1. The molecule has 0 saturated carbocycles. The minimum atomic E-state index is 0.415. The van der Waals surface area contributed by atoms with Gasteiger partial charge in [-0.05, 0) is 49.9 Å². The Morgan fingerprint density at radius 3 is 2.67 bits per heavy atom. The molecule has 4 nitrogen and oxygen atoms in total. The molecule has 0 radical (unpaired) electrons. The number of methoxy groups -OCH3 is 1. The van der Waals surface area contributed by atoms with Gasteiger partial charge in [0.1, 0.15) is 5.82 Å². The number of aromatic nitrogens is 1. The molecular weight excluding hydrogens is 262 g/mol. The average molecular weight is 291 g/mol. The summed E-state index contributed by atoms with van der Waals surface area (Å²) in [7, 11) is 1.81. The smallest absolute Gasteiger partial charge is 0.129 e. The van der Waals surface area contributed by atoms with E-state index in [4.69, 9.17) is 9.72 Å². The maximum atomic E-state index is 5.44. The highest BCUT2D eigenvalue weighted by Gasteiger charge is 2.20. The zero-order chi connectivity index (χ0) is 15.2. The van der Waals surface area contributed by atoms with E-state index in [1.54, 1.807) is 0 Å². The number of anilines is 1. The molecule has 118 valence electrons. The Morgan fingerprint density at radius 2 is 2.05 bits per heavy atom. The summed E-state index contributed by atoms with van der Waals surface area (Å²) in [6, 6.07) is 4.41. The van der Waals surface area contributed by atoms with Crippen molar-refractivity contribution >= 4 is 5.82 Å². The van der Waals surface area contributed by atoms with Crippen LogP contribution in [0, 0.1) is 12.8 Å². The fourth-order valence-electron chi connectivity index (χ4n) is 2.81.